The predicted octanol–water partition coefficient (Wildman–Crippen LogP) is 1.47. The van der Waals surface area contributed by atoms with Gasteiger partial charge in [0, 0.05) is 5.92 Å². The third-order valence-corrected chi connectivity index (χ3v) is 5.73. The molecule has 0 amide bonds. The summed E-state index contributed by atoms with van der Waals surface area (Å²) in [6, 6.07) is 0. The minimum absolute atomic E-state index is 0.0169. The van der Waals surface area contributed by atoms with Gasteiger partial charge in [-0.05, 0) is 37.8 Å². The van der Waals surface area contributed by atoms with Crippen LogP contribution >= 0.6 is 0 Å². The van der Waals surface area contributed by atoms with Gasteiger partial charge in [0.25, 0.3) is 0 Å². The number of hydrogen-bond acceptors (Lipinski definition) is 4. The molecule has 1 N–H and O–H groups in total. The maximum absolute atomic E-state index is 12.4. The van der Waals surface area contributed by atoms with Crippen molar-refractivity contribution in [3.8, 4) is 0 Å². The van der Waals surface area contributed by atoms with Crippen molar-refractivity contribution in [2.24, 2.45) is 23.2 Å². The molecule has 0 radical (unpaired) electrons. The molecule has 1 heterocycles. The predicted molar refractivity (Wildman–Crippen MR) is 68.1 cm³/mol. The van der Waals surface area contributed by atoms with Gasteiger partial charge >= 0.3 is 5.97 Å². The number of fused-ring (bicyclic) bond motifs is 3. The fourth-order valence-electron chi connectivity index (χ4n) is 4.16. The summed E-state index contributed by atoms with van der Waals surface area (Å²) in [5, 5.41) is 11.0. The van der Waals surface area contributed by atoms with Crippen molar-refractivity contribution in [1.82, 2.24) is 0 Å². The summed E-state index contributed by atoms with van der Waals surface area (Å²) in [7, 11) is 0. The summed E-state index contributed by atoms with van der Waals surface area (Å²) < 4.78 is 5.50. The number of allylic oxidation sites excluding steroid dienone is 1. The maximum atomic E-state index is 12.4. The highest BCUT2D eigenvalue weighted by Gasteiger charge is 2.67. The molecule has 3 aliphatic rings. The van der Waals surface area contributed by atoms with Gasteiger partial charge in [-0.25, -0.2) is 0 Å². The van der Waals surface area contributed by atoms with Crippen molar-refractivity contribution in [3.05, 3.63) is 12.2 Å². The van der Waals surface area contributed by atoms with Crippen LogP contribution < -0.4 is 0 Å². The molecule has 1 aliphatic heterocycles. The third kappa shape index (κ3) is 1.33. The Morgan fingerprint density at radius 3 is 2.68 bits per heavy atom. The number of carbonyl (C=O) groups excluding carboxylic acids is 2. The number of ether oxygens (including phenoxy) is 1. The lowest BCUT2D eigenvalue weighted by Gasteiger charge is -2.43. The first-order valence-corrected chi connectivity index (χ1v) is 6.99. The fraction of sp³-hybridized carbons (Fsp3) is 0.733. The Balaban J connectivity index is 2.13. The summed E-state index contributed by atoms with van der Waals surface area (Å²) >= 11 is 0. The summed E-state index contributed by atoms with van der Waals surface area (Å²) in [5.41, 5.74) is -2.23. The summed E-state index contributed by atoms with van der Waals surface area (Å²) in [4.78, 5) is 24.2. The zero-order chi connectivity index (χ0) is 14.0. The van der Waals surface area contributed by atoms with Crippen molar-refractivity contribution in [3.63, 3.8) is 0 Å². The largest absolute Gasteiger partial charge is 0.461 e. The van der Waals surface area contributed by atoms with E-state index in [1.165, 1.54) is 6.08 Å². The normalized spacial score (nSPS) is 52.6. The lowest BCUT2D eigenvalue weighted by atomic mass is 9.64. The lowest BCUT2D eigenvalue weighted by molar-refractivity contribution is -0.166. The number of hydrogen-bond donors (Lipinski definition) is 1. The molecule has 4 heteroatoms. The molecule has 0 spiro atoms. The van der Waals surface area contributed by atoms with E-state index in [2.05, 4.69) is 0 Å². The highest BCUT2D eigenvalue weighted by molar-refractivity contribution is 6.00. The summed E-state index contributed by atoms with van der Waals surface area (Å²) in [5.74, 6) is -0.548. The summed E-state index contributed by atoms with van der Waals surface area (Å²) in [6.45, 7) is 5.58. The van der Waals surface area contributed by atoms with Crippen LogP contribution in [0.5, 0.6) is 0 Å². The van der Waals surface area contributed by atoms with Gasteiger partial charge in [-0.1, -0.05) is 13.8 Å². The molecule has 19 heavy (non-hydrogen) atoms. The van der Waals surface area contributed by atoms with Crippen LogP contribution in [0.3, 0.4) is 0 Å². The molecule has 1 saturated heterocycles. The number of aliphatic hydroxyl groups is 1. The Kier molecular flexibility index (Phi) is 2.50. The molecule has 2 fully saturated rings. The monoisotopic (exact) mass is 264 g/mol. The molecule has 6 atom stereocenters. The SMILES string of the molecule is C[C@H]1C(=O)OC2C1CC[C@H](C)[C@]1(O)C=CC(=O)[C@@]21C. The van der Waals surface area contributed by atoms with Crippen molar-refractivity contribution < 1.29 is 19.4 Å². The van der Waals surface area contributed by atoms with E-state index in [9.17, 15) is 14.7 Å². The molecule has 0 bridgehead atoms. The Morgan fingerprint density at radius 1 is 1.32 bits per heavy atom. The van der Waals surface area contributed by atoms with Crippen LogP contribution in [-0.2, 0) is 14.3 Å². The molecular formula is C15H20O4. The standard InChI is InChI=1S/C15H20O4/c1-8-4-5-10-9(2)13(17)19-12(10)14(3)11(16)6-7-15(8,14)18/h6-10,12,18H,4-5H2,1-3H3/t8-,9+,10?,12?,14-,15+/m0/s1. The molecule has 0 aromatic heterocycles. The topological polar surface area (TPSA) is 63.6 Å². The third-order valence-electron chi connectivity index (χ3n) is 5.73. The first-order valence-electron chi connectivity index (χ1n) is 6.99. The van der Waals surface area contributed by atoms with Crippen molar-refractivity contribution >= 4 is 11.8 Å². The quantitative estimate of drug-likeness (QED) is 0.673. The lowest BCUT2D eigenvalue weighted by Crippen LogP contribution is -2.56. The van der Waals surface area contributed by atoms with E-state index >= 15 is 0 Å². The van der Waals surface area contributed by atoms with Crippen LogP contribution in [0.15, 0.2) is 12.2 Å². The van der Waals surface area contributed by atoms with Crippen LogP contribution in [-0.4, -0.2) is 28.6 Å². The highest BCUT2D eigenvalue weighted by atomic mass is 16.6. The van der Waals surface area contributed by atoms with E-state index in [1.807, 2.05) is 13.8 Å². The zero-order valence-corrected chi connectivity index (χ0v) is 11.6. The molecule has 0 aromatic carbocycles. The number of esters is 1. The van der Waals surface area contributed by atoms with Gasteiger partial charge in [0.05, 0.1) is 11.3 Å². The van der Waals surface area contributed by atoms with E-state index in [0.29, 0.717) is 0 Å². The van der Waals surface area contributed by atoms with Gasteiger partial charge in [-0.3, -0.25) is 9.59 Å². The Morgan fingerprint density at radius 2 is 2.00 bits per heavy atom. The minimum Gasteiger partial charge on any atom is -0.461 e. The second-order valence-electron chi connectivity index (χ2n) is 6.51. The first-order chi connectivity index (χ1) is 8.82. The van der Waals surface area contributed by atoms with Gasteiger partial charge in [0.2, 0.25) is 0 Å². The van der Waals surface area contributed by atoms with Gasteiger partial charge in [-0.2, -0.15) is 0 Å². The Hall–Kier alpha value is -1.16. The van der Waals surface area contributed by atoms with E-state index in [-0.39, 0.29) is 29.5 Å². The second-order valence-corrected chi connectivity index (χ2v) is 6.51. The number of ketones is 1. The minimum atomic E-state index is -1.20. The van der Waals surface area contributed by atoms with Gasteiger partial charge < -0.3 is 9.84 Å². The second kappa shape index (κ2) is 3.69. The van der Waals surface area contributed by atoms with Crippen LogP contribution in [0, 0.1) is 23.2 Å². The number of carbonyl (C=O) groups is 2. The average Bonchev–Trinajstić information content (AvgIpc) is 2.76. The van der Waals surface area contributed by atoms with Crippen LogP contribution in [0.1, 0.15) is 33.6 Å². The van der Waals surface area contributed by atoms with Gasteiger partial charge in [0.1, 0.15) is 11.7 Å². The molecule has 1 saturated carbocycles. The Labute approximate surface area is 112 Å². The maximum Gasteiger partial charge on any atom is 0.309 e. The van der Waals surface area contributed by atoms with Crippen molar-refractivity contribution in [2.75, 3.05) is 0 Å². The van der Waals surface area contributed by atoms with E-state index < -0.39 is 17.1 Å². The smallest absolute Gasteiger partial charge is 0.309 e. The Bertz CT molecular complexity index is 483. The first kappa shape index (κ1) is 12.9. The van der Waals surface area contributed by atoms with E-state index in [0.717, 1.165) is 12.8 Å². The van der Waals surface area contributed by atoms with Crippen LogP contribution in [0.25, 0.3) is 0 Å². The van der Waals surface area contributed by atoms with Gasteiger partial charge in [-0.15, -0.1) is 0 Å². The van der Waals surface area contributed by atoms with Gasteiger partial charge in [0.15, 0.2) is 5.78 Å². The van der Waals surface area contributed by atoms with E-state index in [4.69, 9.17) is 4.74 Å². The zero-order valence-electron chi connectivity index (χ0n) is 11.6. The molecular weight excluding hydrogens is 244 g/mol. The molecule has 2 aliphatic carbocycles. The van der Waals surface area contributed by atoms with Crippen LogP contribution in [0.4, 0.5) is 0 Å². The number of rotatable bonds is 0. The fourth-order valence-corrected chi connectivity index (χ4v) is 4.16. The molecule has 4 nitrogen and oxygen atoms in total. The molecule has 104 valence electrons. The molecule has 0 aromatic rings. The molecule has 3 rings (SSSR count). The van der Waals surface area contributed by atoms with Crippen molar-refractivity contribution in [2.45, 2.75) is 45.3 Å². The average molecular weight is 264 g/mol. The van der Waals surface area contributed by atoms with E-state index in [1.54, 1.807) is 13.0 Å². The highest BCUT2D eigenvalue weighted by Crippen LogP contribution is 2.56. The molecule has 2 unspecified atom stereocenters. The summed E-state index contributed by atoms with van der Waals surface area (Å²) in [6.07, 6.45) is 4.17. The van der Waals surface area contributed by atoms with Crippen molar-refractivity contribution in [1.29, 1.82) is 0 Å². The van der Waals surface area contributed by atoms with Crippen LogP contribution in [0.2, 0.25) is 0 Å².